The number of rotatable bonds is 2. The molecule has 0 heteroatoms. The molecule has 2 rings (SSSR count). The molecular formula is C35H56. The molecule has 0 amide bonds. The summed E-state index contributed by atoms with van der Waals surface area (Å²) in [5.41, 5.74) is 10.6. The molecule has 0 nitrogen and oxygen atoms in total. The topological polar surface area (TPSA) is 0 Å². The fourth-order valence-corrected chi connectivity index (χ4v) is 5.66. The highest BCUT2D eigenvalue weighted by molar-refractivity contribution is 5.56. The summed E-state index contributed by atoms with van der Waals surface area (Å²) in [6, 6.07) is 12.1. The van der Waals surface area contributed by atoms with Crippen molar-refractivity contribution in [3.63, 3.8) is 0 Å². The lowest BCUT2D eigenvalue weighted by Crippen LogP contribution is -2.32. The van der Waals surface area contributed by atoms with Crippen LogP contribution in [0.2, 0.25) is 0 Å². The van der Waals surface area contributed by atoms with Gasteiger partial charge in [-0.3, -0.25) is 0 Å². The Kier molecular flexibility index (Phi) is 7.44. The Balaban J connectivity index is 3.08. The molecule has 0 saturated carbocycles. The molecule has 35 heavy (non-hydrogen) atoms. The van der Waals surface area contributed by atoms with Gasteiger partial charge in [0.05, 0.1) is 0 Å². The Hall–Kier alpha value is -1.56. The summed E-state index contributed by atoms with van der Waals surface area (Å²) in [4.78, 5) is 0. The average Bonchev–Trinajstić information content (AvgIpc) is 2.62. The Morgan fingerprint density at radius 1 is 0.371 bits per heavy atom. The SMILES string of the molecule is CC(C)(C)c1cc(C(C)(C)c2cccc(C(C)(C)C)c2C(C)(C)C)cc(C(C)(C)C)c1C(C)(C)C. The molecule has 0 atom stereocenters. The first-order valence-electron chi connectivity index (χ1n) is 13.6. The highest BCUT2D eigenvalue weighted by Gasteiger charge is 2.38. The second-order valence-corrected chi connectivity index (χ2v) is 16.5. The third-order valence-electron chi connectivity index (χ3n) is 7.52. The van der Waals surface area contributed by atoms with E-state index in [0.29, 0.717) is 0 Å². The van der Waals surface area contributed by atoms with Crippen LogP contribution in [0.3, 0.4) is 0 Å². The highest BCUT2D eigenvalue weighted by atomic mass is 14.4. The van der Waals surface area contributed by atoms with E-state index in [1.54, 1.807) is 0 Å². The first kappa shape index (κ1) is 29.7. The quantitative estimate of drug-likeness (QED) is 0.404. The summed E-state index contributed by atoms with van der Waals surface area (Å²) in [6.07, 6.45) is 0. The van der Waals surface area contributed by atoms with E-state index >= 15 is 0 Å². The van der Waals surface area contributed by atoms with Gasteiger partial charge in [-0.1, -0.05) is 148 Å². The van der Waals surface area contributed by atoms with Crippen molar-refractivity contribution >= 4 is 0 Å². The number of hydrogen-bond donors (Lipinski definition) is 0. The monoisotopic (exact) mass is 476 g/mol. The van der Waals surface area contributed by atoms with Crippen molar-refractivity contribution < 1.29 is 0 Å². The molecule has 0 fully saturated rings. The second-order valence-electron chi connectivity index (χ2n) is 16.5. The van der Waals surface area contributed by atoms with Crippen molar-refractivity contribution in [1.29, 1.82) is 0 Å². The van der Waals surface area contributed by atoms with Crippen LogP contribution in [0.25, 0.3) is 0 Å². The molecule has 0 saturated heterocycles. The van der Waals surface area contributed by atoms with Crippen molar-refractivity contribution in [3.05, 3.63) is 69.3 Å². The molecule has 0 radical (unpaired) electrons. The van der Waals surface area contributed by atoms with Gasteiger partial charge in [0, 0.05) is 5.41 Å². The van der Waals surface area contributed by atoms with Gasteiger partial charge in [-0.15, -0.1) is 0 Å². The van der Waals surface area contributed by atoms with Gasteiger partial charge in [-0.25, -0.2) is 0 Å². The van der Waals surface area contributed by atoms with E-state index in [-0.39, 0.29) is 32.5 Å². The lowest BCUT2D eigenvalue weighted by molar-refractivity contribution is 0.488. The highest BCUT2D eigenvalue weighted by Crippen LogP contribution is 2.47. The fourth-order valence-electron chi connectivity index (χ4n) is 5.66. The maximum Gasteiger partial charge on any atom is 0.0149 e. The van der Waals surface area contributed by atoms with Crippen LogP contribution in [-0.2, 0) is 32.5 Å². The minimum absolute atomic E-state index is 0.0571. The summed E-state index contributed by atoms with van der Waals surface area (Å²) in [5.74, 6) is 0. The van der Waals surface area contributed by atoms with Crippen LogP contribution in [0, 0.1) is 0 Å². The standard InChI is InChI=1S/C35H56/c1-30(2,3)24-19-18-20-25(28(24)33(10,11)12)35(16,17)23-21-26(31(4,5)6)29(34(13,14)15)27(22-23)32(7,8)9/h18-22H,1-17H3. The van der Waals surface area contributed by atoms with Gasteiger partial charge < -0.3 is 0 Å². The van der Waals surface area contributed by atoms with Gasteiger partial charge in [0.1, 0.15) is 0 Å². The normalized spacial score (nSPS) is 14.4. The smallest absolute Gasteiger partial charge is 0.0149 e. The fraction of sp³-hybridized carbons (Fsp3) is 0.657. The Bertz CT molecular complexity index is 1020. The van der Waals surface area contributed by atoms with Crippen LogP contribution >= 0.6 is 0 Å². The number of hydrogen-bond acceptors (Lipinski definition) is 0. The molecule has 0 aliphatic carbocycles. The maximum absolute atomic E-state index is 2.55. The molecule has 196 valence electrons. The zero-order valence-corrected chi connectivity index (χ0v) is 26.4. The van der Waals surface area contributed by atoms with Gasteiger partial charge >= 0.3 is 0 Å². The van der Waals surface area contributed by atoms with E-state index in [1.807, 2.05) is 0 Å². The number of benzene rings is 2. The third-order valence-corrected chi connectivity index (χ3v) is 7.52. The minimum Gasteiger partial charge on any atom is -0.0616 e. The van der Waals surface area contributed by atoms with Crippen LogP contribution in [0.4, 0.5) is 0 Å². The summed E-state index contributed by atoms with van der Waals surface area (Å²) in [6.45, 7) is 40.4. The molecule has 0 aliphatic heterocycles. The van der Waals surface area contributed by atoms with Gasteiger partial charge in [0.25, 0.3) is 0 Å². The molecule has 0 aromatic heterocycles. The zero-order valence-electron chi connectivity index (χ0n) is 26.4. The maximum atomic E-state index is 2.55. The average molecular weight is 477 g/mol. The second kappa shape index (κ2) is 8.78. The first-order valence-corrected chi connectivity index (χ1v) is 13.6. The Labute approximate surface area is 219 Å². The summed E-state index contributed by atoms with van der Waals surface area (Å²) in [7, 11) is 0. The van der Waals surface area contributed by atoms with E-state index in [9.17, 15) is 0 Å². The minimum atomic E-state index is -0.125. The molecule has 2 aromatic rings. The van der Waals surface area contributed by atoms with Crippen molar-refractivity contribution in [2.24, 2.45) is 0 Å². The Morgan fingerprint density at radius 2 is 0.686 bits per heavy atom. The van der Waals surface area contributed by atoms with Gasteiger partial charge in [0.15, 0.2) is 0 Å². The molecule has 0 unspecified atom stereocenters. The largest absolute Gasteiger partial charge is 0.0616 e. The van der Waals surface area contributed by atoms with Crippen LogP contribution < -0.4 is 0 Å². The summed E-state index contributed by atoms with van der Waals surface area (Å²) in [5, 5.41) is 0. The van der Waals surface area contributed by atoms with Crippen LogP contribution in [0.1, 0.15) is 157 Å². The first-order chi connectivity index (χ1) is 15.3. The van der Waals surface area contributed by atoms with Crippen LogP contribution in [0.15, 0.2) is 30.3 Å². The molecule has 0 heterocycles. The van der Waals surface area contributed by atoms with E-state index in [2.05, 4.69) is 148 Å². The predicted octanol–water partition coefficient (Wildman–Crippen LogP) is 10.5. The van der Waals surface area contributed by atoms with Gasteiger partial charge in [-0.05, 0) is 66.0 Å². The van der Waals surface area contributed by atoms with Crippen molar-refractivity contribution in [2.75, 3.05) is 0 Å². The Morgan fingerprint density at radius 3 is 1.00 bits per heavy atom. The van der Waals surface area contributed by atoms with E-state index < -0.39 is 0 Å². The van der Waals surface area contributed by atoms with E-state index in [4.69, 9.17) is 0 Å². The van der Waals surface area contributed by atoms with Gasteiger partial charge in [0.2, 0.25) is 0 Å². The summed E-state index contributed by atoms with van der Waals surface area (Å²) >= 11 is 0. The molecule has 0 bridgehead atoms. The summed E-state index contributed by atoms with van der Waals surface area (Å²) < 4.78 is 0. The zero-order chi connectivity index (χ0) is 27.6. The van der Waals surface area contributed by atoms with Crippen molar-refractivity contribution in [3.8, 4) is 0 Å². The van der Waals surface area contributed by atoms with Gasteiger partial charge in [-0.2, -0.15) is 0 Å². The van der Waals surface area contributed by atoms with Crippen molar-refractivity contribution in [2.45, 2.75) is 150 Å². The van der Waals surface area contributed by atoms with E-state index in [1.165, 1.54) is 38.9 Å². The predicted molar refractivity (Wildman–Crippen MR) is 159 cm³/mol. The van der Waals surface area contributed by atoms with Crippen molar-refractivity contribution in [1.82, 2.24) is 0 Å². The van der Waals surface area contributed by atoms with Crippen LogP contribution in [0.5, 0.6) is 0 Å². The third kappa shape index (κ3) is 6.06. The molecule has 0 spiro atoms. The van der Waals surface area contributed by atoms with Crippen LogP contribution in [-0.4, -0.2) is 0 Å². The lowest BCUT2D eigenvalue weighted by atomic mass is 9.63. The van der Waals surface area contributed by atoms with E-state index in [0.717, 1.165) is 0 Å². The molecule has 0 aliphatic rings. The molecular weight excluding hydrogens is 420 g/mol. The molecule has 0 N–H and O–H groups in total. The lowest BCUT2D eigenvalue weighted by Gasteiger charge is -2.41. The molecule has 2 aromatic carbocycles.